The highest BCUT2D eigenvalue weighted by Crippen LogP contribution is 2.32. The predicted molar refractivity (Wildman–Crippen MR) is 146 cm³/mol. The van der Waals surface area contributed by atoms with Gasteiger partial charge in [-0.2, -0.15) is 0 Å². The van der Waals surface area contributed by atoms with Crippen LogP contribution >= 0.6 is 0 Å². The van der Waals surface area contributed by atoms with E-state index in [1.54, 1.807) is 25.4 Å². The van der Waals surface area contributed by atoms with Gasteiger partial charge in [0.25, 0.3) is 11.8 Å². The van der Waals surface area contributed by atoms with E-state index in [9.17, 15) is 9.59 Å². The first-order valence-corrected chi connectivity index (χ1v) is 12.0. The van der Waals surface area contributed by atoms with Crippen LogP contribution in [0.3, 0.4) is 0 Å². The average molecular weight is 494 g/mol. The molecule has 37 heavy (non-hydrogen) atoms. The van der Waals surface area contributed by atoms with Crippen molar-refractivity contribution in [2.45, 2.75) is 12.8 Å². The Kier molecular flexibility index (Phi) is 8.31. The van der Waals surface area contributed by atoms with Crippen LogP contribution in [-0.4, -0.2) is 36.9 Å². The van der Waals surface area contributed by atoms with Gasteiger partial charge in [0.2, 0.25) is 0 Å². The average Bonchev–Trinajstić information content (AvgIpc) is 2.95. The highest BCUT2D eigenvalue weighted by atomic mass is 16.2. The zero-order valence-corrected chi connectivity index (χ0v) is 20.4. The highest BCUT2D eigenvalue weighted by molar-refractivity contribution is 6.08. The molecule has 9 nitrogen and oxygen atoms in total. The molecule has 0 aliphatic rings. The first-order valence-electron chi connectivity index (χ1n) is 12.0. The molecule has 0 atom stereocenters. The Morgan fingerprint density at radius 3 is 2.43 bits per heavy atom. The maximum absolute atomic E-state index is 12.6. The first kappa shape index (κ1) is 25.2. The number of nitrogens with one attached hydrogen (secondary N) is 3. The fourth-order valence-electron chi connectivity index (χ4n) is 3.95. The Morgan fingerprint density at radius 2 is 1.70 bits per heavy atom. The van der Waals surface area contributed by atoms with Crippen LogP contribution in [0.5, 0.6) is 0 Å². The molecule has 0 saturated heterocycles. The summed E-state index contributed by atoms with van der Waals surface area (Å²) in [6.45, 7) is 0.944. The minimum Gasteiger partial charge on any atom is -0.355 e. The molecular weight excluding hydrogens is 466 g/mol. The van der Waals surface area contributed by atoms with E-state index in [0.29, 0.717) is 29.9 Å². The summed E-state index contributed by atoms with van der Waals surface area (Å²) in [6.07, 6.45) is 3.05. The summed E-state index contributed by atoms with van der Waals surface area (Å²) in [5, 5.41) is 13.3. The smallest absolute Gasteiger partial charge is 0.254 e. The highest BCUT2D eigenvalue weighted by Gasteiger charge is 2.16. The molecule has 0 saturated carbocycles. The lowest BCUT2D eigenvalue weighted by molar-refractivity contribution is 0.0948. The third-order valence-corrected chi connectivity index (χ3v) is 5.90. The van der Waals surface area contributed by atoms with Crippen molar-refractivity contribution in [3.63, 3.8) is 0 Å². The Balaban J connectivity index is 1.59. The maximum atomic E-state index is 12.6. The number of benzene rings is 3. The molecule has 4 aromatic rings. The molecule has 0 fully saturated rings. The number of aromatic nitrogens is 1. The molecule has 3 aromatic carbocycles. The second-order valence-electron chi connectivity index (χ2n) is 8.34. The maximum Gasteiger partial charge on any atom is 0.254 e. The van der Waals surface area contributed by atoms with Crippen LogP contribution in [0.2, 0.25) is 0 Å². The number of pyridine rings is 1. The van der Waals surface area contributed by atoms with Gasteiger partial charge in [0, 0.05) is 47.9 Å². The molecule has 1 aromatic heterocycles. The van der Waals surface area contributed by atoms with Crippen molar-refractivity contribution < 1.29 is 9.59 Å². The zero-order chi connectivity index (χ0) is 26.0. The number of hydrogen-bond donors (Lipinski definition) is 3. The van der Waals surface area contributed by atoms with E-state index in [-0.39, 0.29) is 11.8 Å². The first-order chi connectivity index (χ1) is 18.1. The van der Waals surface area contributed by atoms with Gasteiger partial charge in [-0.15, -0.1) is 0 Å². The number of amides is 2. The van der Waals surface area contributed by atoms with Gasteiger partial charge in [-0.05, 0) is 65.9 Å². The predicted octanol–water partition coefficient (Wildman–Crippen LogP) is 5.83. The van der Waals surface area contributed by atoms with Crippen LogP contribution in [0.4, 0.5) is 11.4 Å². The van der Waals surface area contributed by atoms with Crippen molar-refractivity contribution in [1.82, 2.24) is 15.6 Å². The van der Waals surface area contributed by atoms with Crippen LogP contribution in [0.1, 0.15) is 33.6 Å². The molecule has 2 amide bonds. The summed E-state index contributed by atoms with van der Waals surface area (Å²) in [7, 11) is 1.59. The quantitative estimate of drug-likeness (QED) is 0.111. The minimum absolute atomic E-state index is 0.150. The van der Waals surface area contributed by atoms with Crippen molar-refractivity contribution in [2.75, 3.05) is 25.5 Å². The summed E-state index contributed by atoms with van der Waals surface area (Å²) in [5.41, 5.74) is 13.5. The van der Waals surface area contributed by atoms with Crippen molar-refractivity contribution in [2.24, 2.45) is 5.11 Å². The van der Waals surface area contributed by atoms with Crippen molar-refractivity contribution in [1.29, 1.82) is 0 Å². The molecule has 1 heterocycles. The van der Waals surface area contributed by atoms with E-state index in [1.165, 1.54) is 0 Å². The summed E-state index contributed by atoms with van der Waals surface area (Å²) < 4.78 is 0. The molecule has 0 radical (unpaired) electrons. The van der Waals surface area contributed by atoms with Crippen molar-refractivity contribution in [3.8, 4) is 11.1 Å². The molecule has 0 unspecified atom stereocenters. The van der Waals surface area contributed by atoms with E-state index in [1.807, 2.05) is 60.7 Å². The molecule has 186 valence electrons. The molecule has 3 N–H and O–H groups in total. The topological polar surface area (TPSA) is 132 Å². The zero-order valence-electron chi connectivity index (χ0n) is 20.4. The molecular formula is C28H27N7O2. The van der Waals surface area contributed by atoms with Gasteiger partial charge in [-0.3, -0.25) is 14.6 Å². The SMILES string of the molecule is CNC(=O)c1cnc2ccc(-c3ccc(C(=O)NCCCCN=[N+]=[N-])cc3)cc2c1Nc1ccccc1. The van der Waals surface area contributed by atoms with Gasteiger partial charge in [-0.25, -0.2) is 0 Å². The number of anilines is 2. The second kappa shape index (κ2) is 12.2. The number of nitrogens with zero attached hydrogens (tertiary/aromatic N) is 4. The molecule has 9 heteroatoms. The van der Waals surface area contributed by atoms with Crippen molar-refractivity contribution in [3.05, 3.63) is 101 Å². The van der Waals surface area contributed by atoms with Crippen LogP contribution in [0.15, 0.2) is 84.1 Å². The van der Waals surface area contributed by atoms with Gasteiger partial charge in [0.15, 0.2) is 0 Å². The van der Waals surface area contributed by atoms with Gasteiger partial charge >= 0.3 is 0 Å². The van der Waals surface area contributed by atoms with E-state index < -0.39 is 0 Å². The van der Waals surface area contributed by atoms with Crippen LogP contribution in [0.25, 0.3) is 32.5 Å². The normalized spacial score (nSPS) is 10.4. The van der Waals surface area contributed by atoms with Crippen molar-refractivity contribution >= 4 is 34.1 Å². The Morgan fingerprint density at radius 1 is 0.946 bits per heavy atom. The van der Waals surface area contributed by atoms with Gasteiger partial charge in [0.05, 0.1) is 16.8 Å². The number of hydrogen-bond acceptors (Lipinski definition) is 5. The fourth-order valence-corrected chi connectivity index (χ4v) is 3.95. The number of rotatable bonds is 10. The molecule has 4 rings (SSSR count). The molecule has 0 bridgehead atoms. The number of unbranched alkanes of at least 4 members (excludes halogenated alkanes) is 1. The third-order valence-electron chi connectivity index (χ3n) is 5.90. The second-order valence-corrected chi connectivity index (χ2v) is 8.34. The lowest BCUT2D eigenvalue weighted by Gasteiger charge is -2.15. The Bertz CT molecular complexity index is 1450. The summed E-state index contributed by atoms with van der Waals surface area (Å²) in [6, 6.07) is 22.9. The number of fused-ring (bicyclic) bond motifs is 1. The third kappa shape index (κ3) is 6.22. The van der Waals surface area contributed by atoms with Gasteiger partial charge in [-0.1, -0.05) is 41.5 Å². The monoisotopic (exact) mass is 493 g/mol. The van der Waals surface area contributed by atoms with Gasteiger partial charge < -0.3 is 16.0 Å². The fraction of sp³-hybridized carbons (Fsp3) is 0.179. The van der Waals surface area contributed by atoms with E-state index in [4.69, 9.17) is 5.53 Å². The largest absolute Gasteiger partial charge is 0.355 e. The number of carbonyl (C=O) groups excluding carboxylic acids is 2. The molecule has 0 spiro atoms. The van der Waals surface area contributed by atoms with Crippen LogP contribution in [-0.2, 0) is 0 Å². The number of para-hydroxylation sites is 1. The lowest BCUT2D eigenvalue weighted by atomic mass is 9.99. The van der Waals surface area contributed by atoms with E-state index in [0.717, 1.165) is 40.6 Å². The number of carbonyl (C=O) groups is 2. The number of azide groups is 1. The molecule has 0 aliphatic heterocycles. The minimum atomic E-state index is -0.230. The molecule has 0 aliphatic carbocycles. The van der Waals surface area contributed by atoms with E-state index in [2.05, 4.69) is 31.0 Å². The van der Waals surface area contributed by atoms with Crippen LogP contribution < -0.4 is 16.0 Å². The van der Waals surface area contributed by atoms with Crippen LogP contribution in [0, 0.1) is 0 Å². The Labute approximate surface area is 214 Å². The summed E-state index contributed by atoms with van der Waals surface area (Å²) >= 11 is 0. The standard InChI is InChI=1S/C28H27N7O2/c1-30-28(37)24-18-32-25-14-13-21(17-23(25)26(24)34-22-7-3-2-4-8-22)19-9-11-20(12-10-19)27(36)31-15-5-6-16-33-35-29/h2-4,7-14,17-18H,5-6,15-16H2,1H3,(H,30,37)(H,31,36)(H,32,34). The summed E-state index contributed by atoms with van der Waals surface area (Å²) in [5.74, 6) is -0.381. The Hall–Kier alpha value is -4.88. The van der Waals surface area contributed by atoms with E-state index >= 15 is 0 Å². The van der Waals surface area contributed by atoms with Gasteiger partial charge in [0.1, 0.15) is 0 Å². The lowest BCUT2D eigenvalue weighted by Crippen LogP contribution is -2.24. The summed E-state index contributed by atoms with van der Waals surface area (Å²) in [4.78, 5) is 32.3.